The van der Waals surface area contributed by atoms with Gasteiger partial charge in [0.15, 0.2) is 0 Å². The minimum atomic E-state index is 0.570. The summed E-state index contributed by atoms with van der Waals surface area (Å²) in [5, 5.41) is 3.54. The maximum Gasteiger partial charge on any atom is 0.0468 e. The first-order chi connectivity index (χ1) is 6.18. The highest BCUT2D eigenvalue weighted by molar-refractivity contribution is 4.89. The predicted molar refractivity (Wildman–Crippen MR) is 55.9 cm³/mol. The molecular formula is C11H23NO. The van der Waals surface area contributed by atoms with Crippen molar-refractivity contribution in [2.24, 2.45) is 5.41 Å². The number of rotatable bonds is 6. The molecule has 1 fully saturated rings. The average molecular weight is 185 g/mol. The summed E-state index contributed by atoms with van der Waals surface area (Å²) in [7, 11) is 1.79. The Bertz CT molecular complexity index is 141. The first-order valence-electron chi connectivity index (χ1n) is 5.41. The van der Waals surface area contributed by atoms with Gasteiger partial charge in [-0.15, -0.1) is 0 Å². The Labute approximate surface area is 82.0 Å². The van der Waals surface area contributed by atoms with Gasteiger partial charge in [-0.2, -0.15) is 0 Å². The molecule has 2 heteroatoms. The summed E-state index contributed by atoms with van der Waals surface area (Å²) in [5.74, 6) is 0. The molecule has 78 valence electrons. The number of ether oxygens (including phenoxy) is 1. The molecule has 2 nitrogen and oxygen atoms in total. The van der Waals surface area contributed by atoms with Gasteiger partial charge in [-0.1, -0.05) is 20.3 Å². The first kappa shape index (κ1) is 11.0. The van der Waals surface area contributed by atoms with E-state index in [2.05, 4.69) is 19.2 Å². The van der Waals surface area contributed by atoms with E-state index in [9.17, 15) is 0 Å². The maximum atomic E-state index is 5.15. The van der Waals surface area contributed by atoms with E-state index in [1.54, 1.807) is 7.11 Å². The minimum absolute atomic E-state index is 0.570. The highest BCUT2D eigenvalue weighted by Gasteiger charge is 2.35. The molecule has 0 aliphatic heterocycles. The molecule has 0 aromatic heterocycles. The summed E-state index contributed by atoms with van der Waals surface area (Å²) in [5.41, 5.74) is 0.570. The van der Waals surface area contributed by atoms with Crippen LogP contribution in [0.4, 0.5) is 0 Å². The summed E-state index contributed by atoms with van der Waals surface area (Å²) in [6.07, 6.45) is 5.40. The van der Waals surface area contributed by atoms with E-state index in [4.69, 9.17) is 4.74 Å². The Balaban J connectivity index is 2.23. The molecule has 0 heterocycles. The molecule has 1 N–H and O–H groups in total. The highest BCUT2D eigenvalue weighted by Crippen LogP contribution is 2.43. The summed E-state index contributed by atoms with van der Waals surface area (Å²) in [6.45, 7) is 6.51. The van der Waals surface area contributed by atoms with Crippen LogP contribution in [0, 0.1) is 5.41 Å². The Hall–Kier alpha value is -0.0800. The predicted octanol–water partition coefficient (Wildman–Crippen LogP) is 2.19. The van der Waals surface area contributed by atoms with Crippen LogP contribution >= 0.6 is 0 Å². The van der Waals surface area contributed by atoms with Crippen LogP contribution in [0.2, 0.25) is 0 Å². The quantitative estimate of drug-likeness (QED) is 0.685. The van der Waals surface area contributed by atoms with Gasteiger partial charge >= 0.3 is 0 Å². The van der Waals surface area contributed by atoms with E-state index < -0.39 is 0 Å². The van der Waals surface area contributed by atoms with E-state index in [0.717, 1.165) is 6.61 Å². The van der Waals surface area contributed by atoms with Gasteiger partial charge in [0.2, 0.25) is 0 Å². The van der Waals surface area contributed by atoms with Crippen molar-refractivity contribution >= 4 is 0 Å². The Morgan fingerprint density at radius 1 is 1.38 bits per heavy atom. The van der Waals surface area contributed by atoms with Crippen LogP contribution in [0.3, 0.4) is 0 Å². The minimum Gasteiger partial charge on any atom is -0.385 e. The van der Waals surface area contributed by atoms with Gasteiger partial charge in [-0.25, -0.2) is 0 Å². The molecule has 1 saturated carbocycles. The van der Waals surface area contributed by atoms with Crippen LogP contribution in [-0.4, -0.2) is 26.3 Å². The second-order valence-corrected chi connectivity index (χ2v) is 4.63. The van der Waals surface area contributed by atoms with Gasteiger partial charge in [-0.05, 0) is 24.7 Å². The fourth-order valence-corrected chi connectivity index (χ4v) is 1.93. The monoisotopic (exact) mass is 185 g/mol. The van der Waals surface area contributed by atoms with Crippen LogP contribution in [0.1, 0.15) is 39.5 Å². The van der Waals surface area contributed by atoms with Crippen molar-refractivity contribution in [2.75, 3.05) is 20.3 Å². The highest BCUT2D eigenvalue weighted by atomic mass is 16.5. The van der Waals surface area contributed by atoms with Gasteiger partial charge in [0.05, 0.1) is 0 Å². The summed E-state index contributed by atoms with van der Waals surface area (Å²) in [6, 6.07) is 0.611. The van der Waals surface area contributed by atoms with E-state index >= 15 is 0 Å². The van der Waals surface area contributed by atoms with Gasteiger partial charge < -0.3 is 10.1 Å². The van der Waals surface area contributed by atoms with Crippen molar-refractivity contribution in [1.29, 1.82) is 0 Å². The third kappa shape index (κ3) is 3.28. The van der Waals surface area contributed by atoms with Crippen LogP contribution < -0.4 is 5.32 Å². The zero-order chi connectivity index (χ0) is 9.73. The van der Waals surface area contributed by atoms with Crippen molar-refractivity contribution in [1.82, 2.24) is 5.32 Å². The third-order valence-electron chi connectivity index (χ3n) is 3.14. The maximum absolute atomic E-state index is 5.15. The van der Waals surface area contributed by atoms with E-state index in [1.165, 1.54) is 32.2 Å². The molecule has 0 bridgehead atoms. The summed E-state index contributed by atoms with van der Waals surface area (Å²) >= 11 is 0. The number of nitrogens with one attached hydrogen (secondary N) is 1. The molecular weight excluding hydrogens is 162 g/mol. The molecule has 0 atom stereocenters. The number of hydrogen-bond acceptors (Lipinski definition) is 2. The van der Waals surface area contributed by atoms with Gasteiger partial charge in [0.1, 0.15) is 0 Å². The fourth-order valence-electron chi connectivity index (χ4n) is 1.93. The lowest BCUT2D eigenvalue weighted by Gasteiger charge is -2.42. The van der Waals surface area contributed by atoms with Gasteiger partial charge in [0, 0.05) is 26.3 Å². The lowest BCUT2D eigenvalue weighted by atomic mass is 9.66. The number of hydrogen-bond donors (Lipinski definition) is 1. The average Bonchev–Trinajstić information content (AvgIpc) is 2.02. The molecule has 0 spiro atoms. The van der Waals surface area contributed by atoms with Crippen molar-refractivity contribution in [3.05, 3.63) is 0 Å². The van der Waals surface area contributed by atoms with Crippen molar-refractivity contribution in [3.63, 3.8) is 0 Å². The standard InChI is InChI=1S/C11H23NO/c1-10(2)12-9-11(5-4-6-11)7-8-13-3/h10,12H,4-9H2,1-3H3. The van der Waals surface area contributed by atoms with Gasteiger partial charge in [-0.3, -0.25) is 0 Å². The molecule has 1 aliphatic carbocycles. The summed E-state index contributed by atoms with van der Waals surface area (Å²) < 4.78 is 5.15. The van der Waals surface area contributed by atoms with Crippen molar-refractivity contribution in [3.8, 4) is 0 Å². The molecule has 0 aromatic carbocycles. The topological polar surface area (TPSA) is 21.3 Å². The van der Waals surface area contributed by atoms with Gasteiger partial charge in [0.25, 0.3) is 0 Å². The number of methoxy groups -OCH3 is 1. The van der Waals surface area contributed by atoms with Crippen molar-refractivity contribution < 1.29 is 4.74 Å². The van der Waals surface area contributed by atoms with Crippen LogP contribution in [-0.2, 0) is 4.74 Å². The Morgan fingerprint density at radius 2 is 2.08 bits per heavy atom. The molecule has 0 saturated heterocycles. The van der Waals surface area contributed by atoms with Crippen molar-refractivity contribution in [2.45, 2.75) is 45.6 Å². The molecule has 0 unspecified atom stereocenters. The Kier molecular flexibility index (Phi) is 4.20. The van der Waals surface area contributed by atoms with E-state index in [1.807, 2.05) is 0 Å². The fraction of sp³-hybridized carbons (Fsp3) is 1.00. The third-order valence-corrected chi connectivity index (χ3v) is 3.14. The van der Waals surface area contributed by atoms with Crippen LogP contribution in [0.25, 0.3) is 0 Å². The van der Waals surface area contributed by atoms with Crippen LogP contribution in [0.15, 0.2) is 0 Å². The first-order valence-corrected chi connectivity index (χ1v) is 5.41. The molecule has 0 amide bonds. The SMILES string of the molecule is COCCC1(CNC(C)C)CCC1. The molecule has 1 aliphatic rings. The molecule has 0 aromatic rings. The van der Waals surface area contributed by atoms with E-state index in [-0.39, 0.29) is 0 Å². The zero-order valence-electron chi connectivity index (χ0n) is 9.23. The second-order valence-electron chi connectivity index (χ2n) is 4.63. The van der Waals surface area contributed by atoms with Crippen LogP contribution in [0.5, 0.6) is 0 Å². The normalized spacial score (nSPS) is 20.3. The summed E-state index contributed by atoms with van der Waals surface area (Å²) in [4.78, 5) is 0. The molecule has 1 rings (SSSR count). The molecule has 13 heavy (non-hydrogen) atoms. The second kappa shape index (κ2) is 4.97. The lowest BCUT2D eigenvalue weighted by molar-refractivity contribution is 0.0674. The molecule has 0 radical (unpaired) electrons. The smallest absolute Gasteiger partial charge is 0.0468 e. The largest absolute Gasteiger partial charge is 0.385 e. The Morgan fingerprint density at radius 3 is 2.46 bits per heavy atom. The van der Waals surface area contributed by atoms with E-state index in [0.29, 0.717) is 11.5 Å². The zero-order valence-corrected chi connectivity index (χ0v) is 9.23. The lowest BCUT2D eigenvalue weighted by Crippen LogP contribution is -2.42.